The van der Waals surface area contributed by atoms with Gasteiger partial charge in [-0.25, -0.2) is 0 Å². The normalized spacial score (nSPS) is 12.3. The molecule has 0 N–H and O–H groups in total. The van der Waals surface area contributed by atoms with E-state index < -0.39 is 0 Å². The zero-order valence-electron chi connectivity index (χ0n) is 16.0. The molecule has 5 rings (SSSR count). The molecule has 144 valence electrons. The third kappa shape index (κ3) is 5.32. The van der Waals surface area contributed by atoms with E-state index in [0.29, 0.717) is 0 Å². The molecule has 4 heteroatoms. The Labute approximate surface area is 185 Å². The molecule has 0 fully saturated rings. The van der Waals surface area contributed by atoms with Gasteiger partial charge in [0.1, 0.15) is 0 Å². The summed E-state index contributed by atoms with van der Waals surface area (Å²) in [6.07, 6.45) is 4.01. The average molecular weight is 555 g/mol. The minimum Gasteiger partial charge on any atom is -0.510 e. The molecule has 1 aliphatic rings. The van der Waals surface area contributed by atoms with Crippen LogP contribution < -0.4 is 4.90 Å². The second-order valence-corrected chi connectivity index (χ2v) is 6.40. The Kier molecular flexibility index (Phi) is 7.18. The van der Waals surface area contributed by atoms with Crippen molar-refractivity contribution >= 4 is 16.6 Å². The van der Waals surface area contributed by atoms with E-state index >= 15 is 0 Å². The predicted molar refractivity (Wildman–Crippen MR) is 115 cm³/mol. The Hall–Kier alpha value is -2.94. The monoisotopic (exact) mass is 555 g/mol. The third-order valence-electron chi connectivity index (χ3n) is 4.32. The standard InChI is InChI=1S/C15H10N.C10H10N2.Ir/c1-2-6-12(7-3-1)15-11-10-13-8-4-5-9-14(13)16-15;1-11-7-8-12(9-11)10-5-3-2-4-6-10;/h1-6,8-11H;2-5,7-9H,1H3;/q-1;-2;+3. The summed E-state index contributed by atoms with van der Waals surface area (Å²) >= 11 is 0. The minimum absolute atomic E-state index is 0. The van der Waals surface area contributed by atoms with Gasteiger partial charge in [-0.3, -0.25) is 4.98 Å². The van der Waals surface area contributed by atoms with Crippen molar-refractivity contribution in [3.8, 4) is 11.3 Å². The van der Waals surface area contributed by atoms with E-state index in [1.54, 1.807) is 0 Å². The van der Waals surface area contributed by atoms with Gasteiger partial charge in [0, 0.05) is 0 Å². The molecule has 1 aliphatic heterocycles. The molecule has 0 radical (unpaired) electrons. The van der Waals surface area contributed by atoms with Crippen molar-refractivity contribution in [3.63, 3.8) is 0 Å². The zero-order valence-corrected chi connectivity index (χ0v) is 18.4. The molecule has 1 aromatic heterocycles. The van der Waals surface area contributed by atoms with Crippen LogP contribution in [0.4, 0.5) is 5.69 Å². The van der Waals surface area contributed by atoms with Gasteiger partial charge in [0.2, 0.25) is 0 Å². The first-order chi connectivity index (χ1) is 13.8. The molecule has 0 spiro atoms. The summed E-state index contributed by atoms with van der Waals surface area (Å²) in [7, 11) is 2.00. The maximum Gasteiger partial charge on any atom is 3.00 e. The predicted octanol–water partition coefficient (Wildman–Crippen LogP) is 5.53. The van der Waals surface area contributed by atoms with Crippen molar-refractivity contribution in [1.29, 1.82) is 0 Å². The van der Waals surface area contributed by atoms with E-state index in [-0.39, 0.29) is 20.1 Å². The van der Waals surface area contributed by atoms with Crippen LogP contribution in [0.15, 0.2) is 97.3 Å². The SMILES string of the molecule is CN1C=CN(c2[c-]cccc2)[CH-]1.[Ir+3].[c-]1ccccc1-c1ccc2ccccc2n1. The van der Waals surface area contributed by atoms with E-state index in [9.17, 15) is 0 Å². The molecule has 4 aromatic rings. The summed E-state index contributed by atoms with van der Waals surface area (Å²) in [5.74, 6) is 0. The van der Waals surface area contributed by atoms with E-state index in [1.165, 1.54) is 5.39 Å². The van der Waals surface area contributed by atoms with Gasteiger partial charge in [0.25, 0.3) is 0 Å². The number of hydrogen-bond acceptors (Lipinski definition) is 3. The molecule has 0 amide bonds. The van der Waals surface area contributed by atoms with Gasteiger partial charge >= 0.3 is 20.1 Å². The number of para-hydroxylation sites is 2. The Morgan fingerprint density at radius 3 is 2.24 bits per heavy atom. The second-order valence-electron chi connectivity index (χ2n) is 6.40. The van der Waals surface area contributed by atoms with Gasteiger partial charge < -0.3 is 9.80 Å². The van der Waals surface area contributed by atoms with Gasteiger partial charge in [0.15, 0.2) is 0 Å². The van der Waals surface area contributed by atoms with Crippen molar-refractivity contribution in [1.82, 2.24) is 9.88 Å². The molecule has 0 atom stereocenters. The van der Waals surface area contributed by atoms with Crippen LogP contribution in [0.25, 0.3) is 22.2 Å². The fourth-order valence-corrected chi connectivity index (χ4v) is 2.91. The van der Waals surface area contributed by atoms with Crippen molar-refractivity contribution in [2.75, 3.05) is 11.9 Å². The van der Waals surface area contributed by atoms with E-state index in [2.05, 4.69) is 29.2 Å². The number of pyridine rings is 1. The summed E-state index contributed by atoms with van der Waals surface area (Å²) in [5.41, 5.74) is 4.10. The summed E-state index contributed by atoms with van der Waals surface area (Å²) in [6.45, 7) is 2.01. The Balaban J connectivity index is 0.000000167. The number of hydrogen-bond donors (Lipinski definition) is 0. The molecule has 2 heterocycles. The van der Waals surface area contributed by atoms with Crippen molar-refractivity contribution < 1.29 is 20.1 Å². The number of anilines is 1. The topological polar surface area (TPSA) is 19.4 Å². The largest absolute Gasteiger partial charge is 3.00 e. The van der Waals surface area contributed by atoms with Gasteiger partial charge in [0.05, 0.1) is 5.52 Å². The van der Waals surface area contributed by atoms with E-state index in [1.807, 2.05) is 109 Å². The number of aromatic nitrogens is 1. The number of benzene rings is 3. The number of nitrogens with zero attached hydrogens (tertiary/aromatic N) is 3. The van der Waals surface area contributed by atoms with Crippen LogP contribution in [0.2, 0.25) is 0 Å². The fraction of sp³-hybridized carbons (Fsp3) is 0.0400. The van der Waals surface area contributed by atoms with Gasteiger partial charge in [-0.1, -0.05) is 30.3 Å². The quantitative estimate of drug-likeness (QED) is 0.304. The molecule has 0 saturated carbocycles. The number of fused-ring (bicyclic) bond motifs is 1. The average Bonchev–Trinajstić information content (AvgIpc) is 3.21. The first kappa shape index (κ1) is 20.8. The van der Waals surface area contributed by atoms with Crippen LogP contribution in [0.5, 0.6) is 0 Å². The van der Waals surface area contributed by atoms with E-state index in [4.69, 9.17) is 0 Å². The van der Waals surface area contributed by atoms with Crippen molar-refractivity contribution in [3.05, 3.63) is 116 Å². The Morgan fingerprint density at radius 2 is 1.55 bits per heavy atom. The Bertz CT molecular complexity index is 1060. The molecule has 0 saturated heterocycles. The van der Waals surface area contributed by atoms with Gasteiger partial charge in [-0.05, 0) is 36.6 Å². The molecule has 3 nitrogen and oxygen atoms in total. The molecule has 0 bridgehead atoms. The van der Waals surface area contributed by atoms with Crippen LogP contribution in [-0.2, 0) is 20.1 Å². The summed E-state index contributed by atoms with van der Waals surface area (Å²) in [4.78, 5) is 8.64. The minimum atomic E-state index is 0. The van der Waals surface area contributed by atoms with Gasteiger partial charge in [-0.15, -0.1) is 41.6 Å². The molecule has 3 aromatic carbocycles. The van der Waals surface area contributed by atoms with Crippen LogP contribution >= 0.6 is 0 Å². The molecule has 0 aliphatic carbocycles. The Morgan fingerprint density at radius 1 is 0.793 bits per heavy atom. The zero-order chi connectivity index (χ0) is 19.2. The summed E-state index contributed by atoms with van der Waals surface area (Å²) in [6, 6.07) is 34.4. The molecular weight excluding hydrogens is 535 g/mol. The molecule has 0 unspecified atom stereocenters. The maximum absolute atomic E-state index is 4.61. The fourth-order valence-electron chi connectivity index (χ4n) is 2.91. The third-order valence-corrected chi connectivity index (χ3v) is 4.32. The van der Waals surface area contributed by atoms with Crippen molar-refractivity contribution in [2.24, 2.45) is 0 Å². The first-order valence-electron chi connectivity index (χ1n) is 9.13. The van der Waals surface area contributed by atoms with E-state index in [0.717, 1.165) is 22.5 Å². The van der Waals surface area contributed by atoms with Crippen LogP contribution in [0.3, 0.4) is 0 Å². The first-order valence-corrected chi connectivity index (χ1v) is 9.13. The van der Waals surface area contributed by atoms with Crippen LogP contribution in [-0.4, -0.2) is 16.9 Å². The molecule has 29 heavy (non-hydrogen) atoms. The maximum atomic E-state index is 4.61. The van der Waals surface area contributed by atoms with Crippen molar-refractivity contribution in [2.45, 2.75) is 0 Å². The second kappa shape index (κ2) is 10.0. The number of rotatable bonds is 2. The molecular formula is C25H20IrN3. The van der Waals surface area contributed by atoms with Crippen LogP contribution in [0.1, 0.15) is 0 Å². The summed E-state index contributed by atoms with van der Waals surface area (Å²) in [5, 5.41) is 1.17. The smallest absolute Gasteiger partial charge is 0.510 e. The van der Waals surface area contributed by atoms with Crippen LogP contribution in [0, 0.1) is 18.8 Å². The summed E-state index contributed by atoms with van der Waals surface area (Å²) < 4.78 is 0. The van der Waals surface area contributed by atoms with Gasteiger partial charge in [-0.2, -0.15) is 37.0 Å².